The van der Waals surface area contributed by atoms with Crippen molar-refractivity contribution in [2.75, 3.05) is 11.1 Å². The lowest BCUT2D eigenvalue weighted by molar-refractivity contribution is -0.113. The SMILES string of the molecule is O=C(CSc1cccs1)Nc1ccccc1CO. The molecule has 3 nitrogen and oxygen atoms in total. The van der Waals surface area contributed by atoms with Gasteiger partial charge in [-0.25, -0.2) is 0 Å². The van der Waals surface area contributed by atoms with Crippen LogP contribution in [-0.2, 0) is 11.4 Å². The summed E-state index contributed by atoms with van der Waals surface area (Å²) in [6, 6.07) is 11.2. The molecule has 0 aliphatic carbocycles. The van der Waals surface area contributed by atoms with Gasteiger partial charge in [0.15, 0.2) is 0 Å². The van der Waals surface area contributed by atoms with E-state index in [2.05, 4.69) is 5.32 Å². The number of anilines is 1. The van der Waals surface area contributed by atoms with Crippen LogP contribution in [0.5, 0.6) is 0 Å². The van der Waals surface area contributed by atoms with Crippen LogP contribution in [-0.4, -0.2) is 16.8 Å². The second-order valence-corrected chi connectivity index (χ2v) is 5.81. The zero-order valence-electron chi connectivity index (χ0n) is 9.63. The highest BCUT2D eigenvalue weighted by molar-refractivity contribution is 8.01. The molecule has 0 radical (unpaired) electrons. The Labute approximate surface area is 114 Å². The number of hydrogen-bond donors (Lipinski definition) is 2. The second kappa shape index (κ2) is 6.58. The lowest BCUT2D eigenvalue weighted by atomic mass is 10.2. The van der Waals surface area contributed by atoms with Gasteiger partial charge in [-0.15, -0.1) is 23.1 Å². The van der Waals surface area contributed by atoms with Crippen molar-refractivity contribution in [1.82, 2.24) is 0 Å². The maximum absolute atomic E-state index is 11.8. The first-order valence-corrected chi connectivity index (χ1v) is 7.31. The molecule has 1 aromatic carbocycles. The van der Waals surface area contributed by atoms with E-state index in [1.807, 2.05) is 29.6 Å². The van der Waals surface area contributed by atoms with Gasteiger partial charge in [-0.1, -0.05) is 24.3 Å². The lowest BCUT2D eigenvalue weighted by Crippen LogP contribution is -2.15. The summed E-state index contributed by atoms with van der Waals surface area (Å²) in [5.74, 6) is 0.314. The minimum Gasteiger partial charge on any atom is -0.392 e. The third-order valence-corrected chi connectivity index (χ3v) is 4.43. The highest BCUT2D eigenvalue weighted by atomic mass is 32.2. The fourth-order valence-corrected chi connectivity index (χ4v) is 3.03. The molecule has 2 aromatic rings. The van der Waals surface area contributed by atoms with Crippen molar-refractivity contribution in [3.63, 3.8) is 0 Å². The third kappa shape index (κ3) is 3.60. The van der Waals surface area contributed by atoms with E-state index in [1.165, 1.54) is 11.8 Å². The largest absolute Gasteiger partial charge is 0.392 e. The Hall–Kier alpha value is -1.30. The van der Waals surface area contributed by atoms with Crippen LogP contribution in [0.4, 0.5) is 5.69 Å². The monoisotopic (exact) mass is 279 g/mol. The Morgan fingerprint density at radius 3 is 2.83 bits per heavy atom. The zero-order valence-corrected chi connectivity index (χ0v) is 11.3. The number of carbonyl (C=O) groups is 1. The Morgan fingerprint density at radius 2 is 2.11 bits per heavy atom. The van der Waals surface area contributed by atoms with Crippen molar-refractivity contribution < 1.29 is 9.90 Å². The number of benzene rings is 1. The zero-order chi connectivity index (χ0) is 12.8. The molecule has 0 saturated heterocycles. The van der Waals surface area contributed by atoms with E-state index in [4.69, 9.17) is 5.11 Å². The standard InChI is InChI=1S/C13H13NO2S2/c15-8-10-4-1-2-5-11(10)14-12(16)9-18-13-6-3-7-17-13/h1-7,15H,8-9H2,(H,14,16). The predicted molar refractivity (Wildman–Crippen MR) is 76.0 cm³/mol. The number of nitrogens with one attached hydrogen (secondary N) is 1. The average molecular weight is 279 g/mol. The first-order chi connectivity index (χ1) is 8.79. The van der Waals surface area contributed by atoms with E-state index < -0.39 is 0 Å². The van der Waals surface area contributed by atoms with Crippen LogP contribution >= 0.6 is 23.1 Å². The van der Waals surface area contributed by atoms with Crippen LogP contribution < -0.4 is 5.32 Å². The van der Waals surface area contributed by atoms with Crippen molar-refractivity contribution in [3.8, 4) is 0 Å². The van der Waals surface area contributed by atoms with Gasteiger partial charge in [0, 0.05) is 11.3 Å². The number of thiophene rings is 1. The number of carbonyl (C=O) groups excluding carboxylic acids is 1. The molecule has 0 fully saturated rings. The molecule has 2 rings (SSSR count). The Kier molecular flexibility index (Phi) is 4.81. The summed E-state index contributed by atoms with van der Waals surface area (Å²) >= 11 is 3.13. The summed E-state index contributed by atoms with van der Waals surface area (Å²) in [6.45, 7) is -0.0749. The van der Waals surface area contributed by atoms with Gasteiger partial charge in [-0.05, 0) is 17.5 Å². The number of thioether (sulfide) groups is 1. The van der Waals surface area contributed by atoms with Gasteiger partial charge in [0.1, 0.15) is 0 Å². The van der Waals surface area contributed by atoms with E-state index in [1.54, 1.807) is 23.5 Å². The molecular formula is C13H13NO2S2. The summed E-state index contributed by atoms with van der Waals surface area (Å²) in [5.41, 5.74) is 1.41. The Bertz CT molecular complexity index is 511. The normalized spacial score (nSPS) is 10.3. The van der Waals surface area contributed by atoms with Crippen molar-refractivity contribution in [3.05, 3.63) is 47.3 Å². The third-order valence-electron chi connectivity index (χ3n) is 2.30. The van der Waals surface area contributed by atoms with Gasteiger partial charge >= 0.3 is 0 Å². The molecular weight excluding hydrogens is 266 g/mol. The maximum atomic E-state index is 11.8. The van der Waals surface area contributed by atoms with Gasteiger partial charge in [-0.2, -0.15) is 0 Å². The second-order valence-electron chi connectivity index (χ2n) is 3.58. The molecule has 5 heteroatoms. The maximum Gasteiger partial charge on any atom is 0.234 e. The van der Waals surface area contributed by atoms with Crippen LogP contribution in [0.3, 0.4) is 0 Å². The molecule has 94 valence electrons. The molecule has 2 N–H and O–H groups in total. The van der Waals surface area contributed by atoms with E-state index in [0.29, 0.717) is 11.4 Å². The fraction of sp³-hybridized carbons (Fsp3) is 0.154. The van der Waals surface area contributed by atoms with E-state index in [0.717, 1.165) is 9.77 Å². The summed E-state index contributed by atoms with van der Waals surface area (Å²) in [4.78, 5) is 11.8. The molecule has 0 bridgehead atoms. The summed E-state index contributed by atoms with van der Waals surface area (Å²) in [5, 5.41) is 14.0. The van der Waals surface area contributed by atoms with E-state index in [9.17, 15) is 4.79 Å². The predicted octanol–water partition coefficient (Wildman–Crippen LogP) is 2.97. The highest BCUT2D eigenvalue weighted by Gasteiger charge is 2.06. The molecule has 0 spiro atoms. The molecule has 1 aromatic heterocycles. The van der Waals surface area contributed by atoms with Gasteiger partial charge in [0.05, 0.1) is 16.6 Å². The van der Waals surface area contributed by atoms with Crippen LogP contribution in [0.25, 0.3) is 0 Å². The van der Waals surface area contributed by atoms with Crippen LogP contribution in [0.15, 0.2) is 46.0 Å². The summed E-state index contributed by atoms with van der Waals surface area (Å²) in [7, 11) is 0. The molecule has 0 saturated carbocycles. The fourth-order valence-electron chi connectivity index (χ4n) is 1.45. The molecule has 0 aliphatic rings. The van der Waals surface area contributed by atoms with Crippen LogP contribution in [0.1, 0.15) is 5.56 Å². The quantitative estimate of drug-likeness (QED) is 0.827. The molecule has 1 heterocycles. The van der Waals surface area contributed by atoms with Gasteiger partial charge in [0.25, 0.3) is 0 Å². The molecule has 0 unspecified atom stereocenters. The Morgan fingerprint density at radius 1 is 1.28 bits per heavy atom. The topological polar surface area (TPSA) is 49.3 Å². The summed E-state index contributed by atoms with van der Waals surface area (Å²) in [6.07, 6.45) is 0. The number of amides is 1. The number of para-hydroxylation sites is 1. The first-order valence-electron chi connectivity index (χ1n) is 5.44. The highest BCUT2D eigenvalue weighted by Crippen LogP contribution is 2.23. The average Bonchev–Trinajstić information content (AvgIpc) is 2.90. The van der Waals surface area contributed by atoms with Crippen LogP contribution in [0.2, 0.25) is 0 Å². The molecule has 18 heavy (non-hydrogen) atoms. The minimum absolute atomic E-state index is 0.0608. The number of aliphatic hydroxyl groups excluding tert-OH is 1. The summed E-state index contributed by atoms with van der Waals surface area (Å²) < 4.78 is 1.13. The molecule has 1 amide bonds. The van der Waals surface area contributed by atoms with Crippen molar-refractivity contribution in [2.24, 2.45) is 0 Å². The molecule has 0 atom stereocenters. The van der Waals surface area contributed by atoms with Gasteiger partial charge < -0.3 is 10.4 Å². The van der Waals surface area contributed by atoms with Gasteiger partial charge in [-0.3, -0.25) is 4.79 Å². The Balaban J connectivity index is 1.90. The lowest BCUT2D eigenvalue weighted by Gasteiger charge is -2.08. The van der Waals surface area contributed by atoms with E-state index >= 15 is 0 Å². The van der Waals surface area contributed by atoms with Gasteiger partial charge in [0.2, 0.25) is 5.91 Å². The number of rotatable bonds is 5. The smallest absolute Gasteiger partial charge is 0.234 e. The molecule has 0 aliphatic heterocycles. The minimum atomic E-state index is -0.0749. The van der Waals surface area contributed by atoms with Crippen molar-refractivity contribution >= 4 is 34.7 Å². The van der Waals surface area contributed by atoms with Crippen molar-refractivity contribution in [2.45, 2.75) is 10.8 Å². The van der Waals surface area contributed by atoms with Crippen molar-refractivity contribution in [1.29, 1.82) is 0 Å². The number of hydrogen-bond acceptors (Lipinski definition) is 4. The first kappa shape index (κ1) is 13.1. The number of aliphatic hydroxyl groups is 1. The van der Waals surface area contributed by atoms with Crippen LogP contribution in [0, 0.1) is 0 Å². The van der Waals surface area contributed by atoms with E-state index in [-0.39, 0.29) is 12.5 Å².